The maximum Gasteiger partial charge on any atom is 0.0704 e. The smallest absolute Gasteiger partial charge is 0.0704 e. The first kappa shape index (κ1) is 11.4. The fourth-order valence-electron chi connectivity index (χ4n) is 3.06. The van der Waals surface area contributed by atoms with Gasteiger partial charge < -0.3 is 0 Å². The Balaban J connectivity index is 1.82. The quantitative estimate of drug-likeness (QED) is 0.621. The van der Waals surface area contributed by atoms with Crippen molar-refractivity contribution in [1.29, 1.82) is 0 Å². The zero-order chi connectivity index (χ0) is 13.4. The third kappa shape index (κ3) is 1.83. The van der Waals surface area contributed by atoms with E-state index in [9.17, 15) is 0 Å². The highest BCUT2D eigenvalue weighted by molar-refractivity contribution is 5.83. The molecular formula is C19H15N. The molecule has 1 heterocycles. The molecule has 1 aliphatic rings. The summed E-state index contributed by atoms with van der Waals surface area (Å²) in [4.78, 5) is 4.46. The summed E-state index contributed by atoms with van der Waals surface area (Å²) in [5.74, 6) is 0.442. The van der Waals surface area contributed by atoms with E-state index in [0.717, 1.165) is 11.9 Å². The molecule has 0 saturated heterocycles. The molecule has 1 atom stereocenters. The number of allylic oxidation sites excluding steroid dienone is 1. The topological polar surface area (TPSA) is 12.9 Å². The van der Waals surface area contributed by atoms with Gasteiger partial charge in [0, 0.05) is 17.5 Å². The summed E-state index contributed by atoms with van der Waals surface area (Å²) >= 11 is 0. The second-order valence-corrected chi connectivity index (χ2v) is 5.29. The highest BCUT2D eigenvalue weighted by Gasteiger charge is 2.17. The van der Waals surface area contributed by atoms with Crippen LogP contribution in [0, 0.1) is 0 Å². The van der Waals surface area contributed by atoms with Crippen molar-refractivity contribution in [2.45, 2.75) is 12.3 Å². The van der Waals surface area contributed by atoms with E-state index in [1.54, 1.807) is 0 Å². The summed E-state index contributed by atoms with van der Waals surface area (Å²) < 4.78 is 0. The summed E-state index contributed by atoms with van der Waals surface area (Å²) in [7, 11) is 0. The van der Waals surface area contributed by atoms with Gasteiger partial charge in [-0.1, -0.05) is 54.6 Å². The molecule has 0 aliphatic heterocycles. The molecule has 0 amide bonds. The molecule has 1 aliphatic carbocycles. The summed E-state index contributed by atoms with van der Waals surface area (Å²) in [6.07, 6.45) is 7.56. The molecule has 0 radical (unpaired) electrons. The average Bonchev–Trinajstić information content (AvgIpc) is 2.54. The van der Waals surface area contributed by atoms with Crippen LogP contribution in [0.2, 0.25) is 0 Å². The molecule has 1 heteroatoms. The molecule has 3 aromatic rings. The van der Waals surface area contributed by atoms with Gasteiger partial charge >= 0.3 is 0 Å². The van der Waals surface area contributed by atoms with Crippen molar-refractivity contribution in [3.8, 4) is 0 Å². The lowest BCUT2D eigenvalue weighted by atomic mass is 9.84. The van der Waals surface area contributed by atoms with Crippen LogP contribution in [0.5, 0.6) is 0 Å². The Kier molecular flexibility index (Phi) is 2.63. The number of aromatic nitrogens is 1. The third-order valence-corrected chi connectivity index (χ3v) is 4.09. The van der Waals surface area contributed by atoms with Crippen molar-refractivity contribution >= 4 is 17.0 Å². The average molecular weight is 257 g/mol. The van der Waals surface area contributed by atoms with Gasteiger partial charge in [0.1, 0.15) is 0 Å². The molecule has 0 fully saturated rings. The van der Waals surface area contributed by atoms with Gasteiger partial charge in [0.15, 0.2) is 0 Å². The summed E-state index contributed by atoms with van der Waals surface area (Å²) in [5.41, 5.74) is 5.24. The molecule has 0 spiro atoms. The van der Waals surface area contributed by atoms with E-state index in [-0.39, 0.29) is 0 Å². The predicted octanol–water partition coefficient (Wildman–Crippen LogP) is 4.59. The van der Waals surface area contributed by atoms with Gasteiger partial charge in [-0.15, -0.1) is 0 Å². The first-order valence-corrected chi connectivity index (χ1v) is 7.01. The minimum Gasteiger partial charge on any atom is -0.256 e. The van der Waals surface area contributed by atoms with Crippen molar-refractivity contribution < 1.29 is 0 Å². The number of pyridine rings is 1. The molecule has 1 unspecified atom stereocenters. The number of hydrogen-bond acceptors (Lipinski definition) is 1. The summed E-state index contributed by atoms with van der Waals surface area (Å²) in [6.45, 7) is 0. The first-order chi connectivity index (χ1) is 9.92. The van der Waals surface area contributed by atoms with Crippen LogP contribution in [-0.2, 0) is 6.42 Å². The number of fused-ring (bicyclic) bond motifs is 2. The minimum absolute atomic E-state index is 0.442. The minimum atomic E-state index is 0.442. The maximum absolute atomic E-state index is 4.46. The number of hydrogen-bond donors (Lipinski definition) is 0. The highest BCUT2D eigenvalue weighted by atomic mass is 14.6. The SMILES string of the molecule is C1=CC(c2ccnc3ccccc23)Cc2ccccc21. The highest BCUT2D eigenvalue weighted by Crippen LogP contribution is 2.33. The fourth-order valence-corrected chi connectivity index (χ4v) is 3.06. The first-order valence-electron chi connectivity index (χ1n) is 7.01. The molecule has 2 aromatic carbocycles. The standard InChI is InChI=1S/C19H15N/c1-2-6-15-13-16(10-9-14(15)5-1)17-11-12-20-19-8-4-3-7-18(17)19/h1-12,16H,13H2. The predicted molar refractivity (Wildman–Crippen MR) is 83.7 cm³/mol. The van der Waals surface area contributed by atoms with Crippen LogP contribution < -0.4 is 0 Å². The van der Waals surface area contributed by atoms with Crippen LogP contribution >= 0.6 is 0 Å². The van der Waals surface area contributed by atoms with Crippen molar-refractivity contribution in [2.24, 2.45) is 0 Å². The van der Waals surface area contributed by atoms with Gasteiger partial charge in [-0.05, 0) is 35.2 Å². The monoisotopic (exact) mass is 257 g/mol. The Bertz CT molecular complexity index is 796. The van der Waals surface area contributed by atoms with E-state index in [4.69, 9.17) is 0 Å². The Hall–Kier alpha value is -2.41. The summed E-state index contributed by atoms with van der Waals surface area (Å²) in [6, 6.07) is 19.2. The summed E-state index contributed by atoms with van der Waals surface area (Å²) in [5, 5.41) is 1.27. The number of nitrogens with zero attached hydrogens (tertiary/aromatic N) is 1. The Morgan fingerprint density at radius 3 is 2.75 bits per heavy atom. The third-order valence-electron chi connectivity index (χ3n) is 4.09. The lowest BCUT2D eigenvalue weighted by Crippen LogP contribution is -2.06. The molecule has 4 rings (SSSR count). The van der Waals surface area contributed by atoms with Crippen molar-refractivity contribution in [3.05, 3.63) is 83.6 Å². The molecule has 20 heavy (non-hydrogen) atoms. The van der Waals surface area contributed by atoms with Crippen LogP contribution in [0.15, 0.2) is 66.9 Å². The van der Waals surface area contributed by atoms with Gasteiger partial charge in [-0.2, -0.15) is 0 Å². The van der Waals surface area contributed by atoms with Crippen molar-refractivity contribution in [3.63, 3.8) is 0 Å². The van der Waals surface area contributed by atoms with Gasteiger partial charge in [-0.25, -0.2) is 0 Å². The zero-order valence-electron chi connectivity index (χ0n) is 11.2. The lowest BCUT2D eigenvalue weighted by molar-refractivity contribution is 0.833. The van der Waals surface area contributed by atoms with Gasteiger partial charge in [0.25, 0.3) is 0 Å². The molecular weight excluding hydrogens is 242 g/mol. The van der Waals surface area contributed by atoms with E-state index in [1.807, 2.05) is 12.3 Å². The van der Waals surface area contributed by atoms with Gasteiger partial charge in [0.2, 0.25) is 0 Å². The molecule has 1 aromatic heterocycles. The van der Waals surface area contributed by atoms with Crippen molar-refractivity contribution in [1.82, 2.24) is 4.98 Å². The van der Waals surface area contributed by atoms with E-state index >= 15 is 0 Å². The molecule has 0 saturated carbocycles. The Morgan fingerprint density at radius 1 is 0.900 bits per heavy atom. The second kappa shape index (κ2) is 4.61. The van der Waals surface area contributed by atoms with Crippen LogP contribution in [0.4, 0.5) is 0 Å². The Morgan fingerprint density at radius 2 is 1.75 bits per heavy atom. The number of benzene rings is 2. The lowest BCUT2D eigenvalue weighted by Gasteiger charge is -2.21. The van der Waals surface area contributed by atoms with Crippen LogP contribution in [0.1, 0.15) is 22.6 Å². The van der Waals surface area contributed by atoms with Gasteiger partial charge in [0.05, 0.1) is 5.52 Å². The number of rotatable bonds is 1. The zero-order valence-corrected chi connectivity index (χ0v) is 11.2. The maximum atomic E-state index is 4.46. The second-order valence-electron chi connectivity index (χ2n) is 5.29. The molecule has 96 valence electrons. The molecule has 0 N–H and O–H groups in total. The molecule has 0 bridgehead atoms. The normalized spacial score (nSPS) is 17.1. The largest absolute Gasteiger partial charge is 0.256 e. The Labute approximate surface area is 118 Å². The van der Waals surface area contributed by atoms with Crippen LogP contribution in [0.25, 0.3) is 17.0 Å². The van der Waals surface area contributed by atoms with E-state index in [1.165, 1.54) is 22.1 Å². The fraction of sp³-hybridized carbons (Fsp3) is 0.105. The molecule has 1 nitrogen and oxygen atoms in total. The van der Waals surface area contributed by atoms with Gasteiger partial charge in [-0.3, -0.25) is 4.98 Å². The van der Waals surface area contributed by atoms with E-state index < -0.39 is 0 Å². The van der Waals surface area contributed by atoms with Crippen molar-refractivity contribution in [2.75, 3.05) is 0 Å². The van der Waals surface area contributed by atoms with Crippen LogP contribution in [0.3, 0.4) is 0 Å². The van der Waals surface area contributed by atoms with E-state index in [0.29, 0.717) is 5.92 Å². The van der Waals surface area contributed by atoms with E-state index in [2.05, 4.69) is 65.7 Å². The van der Waals surface area contributed by atoms with Crippen LogP contribution in [-0.4, -0.2) is 4.98 Å². The number of para-hydroxylation sites is 1.